The van der Waals surface area contributed by atoms with Crippen molar-refractivity contribution in [2.24, 2.45) is 0 Å². The van der Waals surface area contributed by atoms with E-state index in [2.05, 4.69) is 10.2 Å². The molecule has 0 aliphatic heterocycles. The van der Waals surface area contributed by atoms with Gasteiger partial charge in [0.2, 0.25) is 4.96 Å². The van der Waals surface area contributed by atoms with Gasteiger partial charge in [-0.25, -0.2) is 4.40 Å². The van der Waals surface area contributed by atoms with Crippen LogP contribution in [-0.2, 0) is 0 Å². The molecule has 0 aliphatic carbocycles. The number of nitrogens with zero attached hydrogens (tertiary/aromatic N) is 3. The van der Waals surface area contributed by atoms with Crippen LogP contribution in [0.2, 0.25) is 15.1 Å². The van der Waals surface area contributed by atoms with Crippen LogP contribution in [0.15, 0.2) is 47.3 Å². The van der Waals surface area contributed by atoms with Gasteiger partial charge in [0.25, 0.3) is 5.56 Å². The Labute approximate surface area is 160 Å². The number of rotatable bonds is 2. The summed E-state index contributed by atoms with van der Waals surface area (Å²) in [6.45, 7) is 0. The lowest BCUT2D eigenvalue weighted by molar-refractivity contribution is 1.09. The van der Waals surface area contributed by atoms with E-state index in [1.807, 2.05) is 12.1 Å². The molecular formula is C17H8Cl3N3OS. The Kier molecular flexibility index (Phi) is 4.25. The van der Waals surface area contributed by atoms with E-state index in [1.54, 1.807) is 36.4 Å². The zero-order valence-corrected chi connectivity index (χ0v) is 15.5. The maximum absolute atomic E-state index is 12.8. The van der Waals surface area contributed by atoms with E-state index in [0.717, 1.165) is 0 Å². The van der Waals surface area contributed by atoms with Crippen LogP contribution in [-0.4, -0.2) is 14.6 Å². The van der Waals surface area contributed by atoms with Gasteiger partial charge in [-0.05, 0) is 35.9 Å². The minimum atomic E-state index is -0.217. The van der Waals surface area contributed by atoms with E-state index in [9.17, 15) is 4.79 Å². The third-order valence-electron chi connectivity index (χ3n) is 3.61. The summed E-state index contributed by atoms with van der Waals surface area (Å²) < 4.78 is 1.96. The van der Waals surface area contributed by atoms with Gasteiger partial charge in [0, 0.05) is 15.6 Å². The van der Waals surface area contributed by atoms with Gasteiger partial charge in [0.1, 0.15) is 0 Å². The Balaban J connectivity index is 1.94. The molecule has 25 heavy (non-hydrogen) atoms. The number of aromatic nitrogens is 3. The van der Waals surface area contributed by atoms with E-state index in [4.69, 9.17) is 34.8 Å². The normalized spacial score (nSPS) is 12.2. The molecule has 0 saturated carbocycles. The predicted molar refractivity (Wildman–Crippen MR) is 103 cm³/mol. The molecule has 0 bridgehead atoms. The summed E-state index contributed by atoms with van der Waals surface area (Å²) in [7, 11) is 0. The van der Waals surface area contributed by atoms with Crippen LogP contribution >= 0.6 is 46.1 Å². The lowest BCUT2D eigenvalue weighted by atomic mass is 10.2. The van der Waals surface area contributed by atoms with Crippen LogP contribution in [0.3, 0.4) is 0 Å². The van der Waals surface area contributed by atoms with Crippen LogP contribution in [0.1, 0.15) is 5.56 Å². The maximum Gasteiger partial charge on any atom is 0.276 e. The molecule has 2 heterocycles. The quantitative estimate of drug-likeness (QED) is 0.496. The maximum atomic E-state index is 12.8. The molecule has 2 aromatic heterocycles. The van der Waals surface area contributed by atoms with Crippen molar-refractivity contribution in [3.63, 3.8) is 0 Å². The molecule has 8 heteroatoms. The van der Waals surface area contributed by atoms with Gasteiger partial charge < -0.3 is 0 Å². The molecule has 0 unspecified atom stereocenters. The summed E-state index contributed by atoms with van der Waals surface area (Å²) in [6.07, 6.45) is 1.72. The van der Waals surface area contributed by atoms with Crippen molar-refractivity contribution in [1.82, 2.24) is 14.6 Å². The van der Waals surface area contributed by atoms with E-state index in [1.165, 1.54) is 15.7 Å². The fraction of sp³-hybridized carbons (Fsp3) is 0. The summed E-state index contributed by atoms with van der Waals surface area (Å²) >= 11 is 19.6. The van der Waals surface area contributed by atoms with Crippen molar-refractivity contribution in [2.75, 3.05) is 0 Å². The topological polar surface area (TPSA) is 47.3 Å². The second-order valence-corrected chi connectivity index (χ2v) is 7.46. The van der Waals surface area contributed by atoms with Gasteiger partial charge in [-0.15, -0.1) is 10.2 Å². The highest BCUT2D eigenvalue weighted by Gasteiger charge is 2.16. The Morgan fingerprint density at radius 2 is 1.80 bits per heavy atom. The first kappa shape index (κ1) is 16.5. The SMILES string of the molecule is O=c1/c(=C\c2ccc(Cl)cc2Cl)sc2nnc(-c3ccccc3Cl)n12. The molecule has 4 nitrogen and oxygen atoms in total. The first-order valence-electron chi connectivity index (χ1n) is 7.14. The molecule has 0 N–H and O–H groups in total. The Morgan fingerprint density at radius 1 is 1.00 bits per heavy atom. The molecule has 4 rings (SSSR count). The predicted octanol–water partition coefficient (Wildman–Crippen LogP) is 4.33. The van der Waals surface area contributed by atoms with E-state index in [-0.39, 0.29) is 5.56 Å². The van der Waals surface area contributed by atoms with Gasteiger partial charge in [-0.2, -0.15) is 0 Å². The Hall–Kier alpha value is -1.92. The molecule has 4 aromatic rings. The minimum absolute atomic E-state index is 0.217. The average molecular weight is 409 g/mol. The molecule has 0 amide bonds. The van der Waals surface area contributed by atoms with Crippen LogP contribution in [0.5, 0.6) is 0 Å². The number of fused-ring (bicyclic) bond motifs is 1. The smallest absolute Gasteiger partial charge is 0.267 e. The molecule has 0 fully saturated rings. The van der Waals surface area contributed by atoms with Crippen molar-refractivity contribution in [3.8, 4) is 11.4 Å². The first-order chi connectivity index (χ1) is 12.0. The summed E-state index contributed by atoms with van der Waals surface area (Å²) in [5.74, 6) is 0.420. The lowest BCUT2D eigenvalue weighted by Gasteiger charge is -1.99. The van der Waals surface area contributed by atoms with Gasteiger partial charge in [-0.1, -0.05) is 64.3 Å². The van der Waals surface area contributed by atoms with Gasteiger partial charge >= 0.3 is 0 Å². The van der Waals surface area contributed by atoms with Crippen LogP contribution in [0.4, 0.5) is 0 Å². The Bertz CT molecular complexity index is 1220. The Morgan fingerprint density at radius 3 is 2.56 bits per heavy atom. The fourth-order valence-corrected chi connectivity index (χ4v) is 4.03. The highest BCUT2D eigenvalue weighted by Crippen LogP contribution is 2.26. The molecular weight excluding hydrogens is 401 g/mol. The van der Waals surface area contributed by atoms with Crippen LogP contribution < -0.4 is 10.1 Å². The second kappa shape index (κ2) is 6.42. The monoisotopic (exact) mass is 407 g/mol. The zero-order valence-electron chi connectivity index (χ0n) is 12.4. The molecule has 0 radical (unpaired) electrons. The van der Waals surface area contributed by atoms with Crippen molar-refractivity contribution in [2.45, 2.75) is 0 Å². The van der Waals surface area contributed by atoms with Crippen molar-refractivity contribution in [1.29, 1.82) is 0 Å². The number of hydrogen-bond acceptors (Lipinski definition) is 4. The van der Waals surface area contributed by atoms with E-state index >= 15 is 0 Å². The first-order valence-corrected chi connectivity index (χ1v) is 9.09. The standard InChI is InChI=1S/C17H8Cl3N3OS/c18-10-6-5-9(13(20)8-10)7-14-16(24)23-15(21-22-17(23)25-14)11-3-1-2-4-12(11)19/h1-8H/b14-7+. The summed E-state index contributed by atoms with van der Waals surface area (Å²) in [5, 5.41) is 9.72. The second-order valence-electron chi connectivity index (χ2n) is 5.20. The largest absolute Gasteiger partial charge is 0.276 e. The van der Waals surface area contributed by atoms with E-state index in [0.29, 0.717) is 41.5 Å². The lowest BCUT2D eigenvalue weighted by Crippen LogP contribution is -2.23. The van der Waals surface area contributed by atoms with Crippen molar-refractivity contribution < 1.29 is 0 Å². The molecule has 124 valence electrons. The van der Waals surface area contributed by atoms with Crippen molar-refractivity contribution >= 4 is 57.2 Å². The van der Waals surface area contributed by atoms with Gasteiger partial charge in [0.15, 0.2) is 5.82 Å². The van der Waals surface area contributed by atoms with Gasteiger partial charge in [-0.3, -0.25) is 4.79 Å². The average Bonchev–Trinajstić information content (AvgIpc) is 3.12. The van der Waals surface area contributed by atoms with Crippen LogP contribution in [0.25, 0.3) is 22.4 Å². The third-order valence-corrected chi connectivity index (χ3v) is 5.46. The molecule has 0 atom stereocenters. The fourth-order valence-electron chi connectivity index (χ4n) is 2.44. The third kappa shape index (κ3) is 2.93. The number of thiazole rings is 1. The molecule has 0 aliphatic rings. The molecule has 0 spiro atoms. The summed E-state index contributed by atoms with van der Waals surface area (Å²) in [6, 6.07) is 12.3. The van der Waals surface area contributed by atoms with Crippen molar-refractivity contribution in [3.05, 3.63) is 78.0 Å². The van der Waals surface area contributed by atoms with Gasteiger partial charge in [0.05, 0.1) is 9.55 Å². The van der Waals surface area contributed by atoms with E-state index < -0.39 is 0 Å². The number of halogens is 3. The number of hydrogen-bond donors (Lipinski definition) is 0. The zero-order chi connectivity index (χ0) is 17.6. The molecule has 2 aromatic carbocycles. The van der Waals surface area contributed by atoms with Crippen LogP contribution in [0, 0.1) is 0 Å². The molecule has 0 saturated heterocycles. The number of benzene rings is 2. The summed E-state index contributed by atoms with van der Waals surface area (Å²) in [4.78, 5) is 13.3. The highest BCUT2D eigenvalue weighted by atomic mass is 35.5. The minimum Gasteiger partial charge on any atom is -0.267 e. The summed E-state index contributed by atoms with van der Waals surface area (Å²) in [5.41, 5.74) is 1.15. The highest BCUT2D eigenvalue weighted by molar-refractivity contribution is 7.15.